The fraction of sp³-hybridized carbons (Fsp3) is 0.231. The molecule has 0 aliphatic carbocycles. The molecule has 0 radical (unpaired) electrons. The molecule has 2 aromatic rings. The zero-order chi connectivity index (χ0) is 13.1. The van der Waals surface area contributed by atoms with Crippen LogP contribution in [0.4, 0.5) is 20.2 Å². The maximum atomic E-state index is 13.3. The van der Waals surface area contributed by atoms with Gasteiger partial charge in [-0.15, -0.1) is 0 Å². The molecule has 0 bridgehead atoms. The Morgan fingerprint density at radius 2 is 2.17 bits per heavy atom. The van der Waals surface area contributed by atoms with Crippen LogP contribution in [-0.4, -0.2) is 6.04 Å². The molecule has 1 heterocycles. The molecule has 0 fully saturated rings. The molecule has 0 saturated carbocycles. The minimum atomic E-state index is -0.736. The van der Waals surface area contributed by atoms with Crippen molar-refractivity contribution in [3.8, 4) is 0 Å². The summed E-state index contributed by atoms with van der Waals surface area (Å²) in [6.07, 6.45) is 0.779. The molecule has 1 unspecified atom stereocenters. The number of nitrogens with one attached hydrogen (secondary N) is 1. The van der Waals surface area contributed by atoms with Crippen molar-refractivity contribution in [2.45, 2.75) is 19.4 Å². The van der Waals surface area contributed by atoms with E-state index in [2.05, 4.69) is 5.32 Å². The summed E-state index contributed by atoms with van der Waals surface area (Å²) in [7, 11) is 0. The van der Waals surface area contributed by atoms with Crippen molar-refractivity contribution in [2.24, 2.45) is 0 Å². The van der Waals surface area contributed by atoms with Gasteiger partial charge in [0.25, 0.3) is 0 Å². The lowest BCUT2D eigenvalue weighted by Crippen LogP contribution is -2.19. The first-order valence-electron chi connectivity index (χ1n) is 5.58. The molecule has 2 rings (SSSR count). The van der Waals surface area contributed by atoms with E-state index < -0.39 is 11.6 Å². The Bertz CT molecular complexity index is 526. The molecule has 1 aromatic carbocycles. The number of nitrogen functional groups attached to an aromatic ring is 1. The van der Waals surface area contributed by atoms with Gasteiger partial charge in [-0.05, 0) is 41.8 Å². The van der Waals surface area contributed by atoms with Crippen molar-refractivity contribution < 1.29 is 8.78 Å². The van der Waals surface area contributed by atoms with E-state index in [1.54, 1.807) is 11.3 Å². The highest BCUT2D eigenvalue weighted by Gasteiger charge is 2.11. The molecular formula is C13H14F2N2S. The van der Waals surface area contributed by atoms with Crippen LogP contribution < -0.4 is 11.1 Å². The number of benzene rings is 1. The van der Waals surface area contributed by atoms with Crippen LogP contribution in [0.2, 0.25) is 0 Å². The quantitative estimate of drug-likeness (QED) is 0.831. The number of hydrogen-bond donors (Lipinski definition) is 2. The van der Waals surface area contributed by atoms with Crippen LogP contribution >= 0.6 is 11.3 Å². The maximum absolute atomic E-state index is 13.3. The van der Waals surface area contributed by atoms with Crippen LogP contribution in [0.15, 0.2) is 29.0 Å². The van der Waals surface area contributed by atoms with Gasteiger partial charge in [0.1, 0.15) is 5.82 Å². The second-order valence-corrected chi connectivity index (χ2v) is 5.01. The van der Waals surface area contributed by atoms with Crippen LogP contribution in [0.5, 0.6) is 0 Å². The van der Waals surface area contributed by atoms with Gasteiger partial charge in [0, 0.05) is 12.1 Å². The van der Waals surface area contributed by atoms with E-state index >= 15 is 0 Å². The predicted octanol–water partition coefficient (Wildman–Crippen LogP) is 3.65. The largest absolute Gasteiger partial charge is 0.395 e. The highest BCUT2D eigenvalue weighted by atomic mass is 32.1. The summed E-state index contributed by atoms with van der Waals surface area (Å²) in [5.74, 6) is -1.37. The highest BCUT2D eigenvalue weighted by molar-refractivity contribution is 7.07. The number of anilines is 2. The molecule has 0 amide bonds. The van der Waals surface area contributed by atoms with E-state index in [1.807, 2.05) is 23.8 Å². The molecule has 18 heavy (non-hydrogen) atoms. The molecule has 0 spiro atoms. The monoisotopic (exact) mass is 268 g/mol. The van der Waals surface area contributed by atoms with E-state index in [-0.39, 0.29) is 11.7 Å². The van der Waals surface area contributed by atoms with Crippen molar-refractivity contribution >= 4 is 22.7 Å². The van der Waals surface area contributed by atoms with E-state index in [4.69, 9.17) is 5.73 Å². The lowest BCUT2D eigenvalue weighted by atomic mass is 10.1. The molecule has 5 heteroatoms. The molecular weight excluding hydrogens is 254 g/mol. The zero-order valence-corrected chi connectivity index (χ0v) is 10.7. The number of thiophene rings is 1. The molecule has 2 nitrogen and oxygen atoms in total. The van der Waals surface area contributed by atoms with E-state index in [9.17, 15) is 8.78 Å². The van der Waals surface area contributed by atoms with Gasteiger partial charge in [-0.25, -0.2) is 8.78 Å². The van der Waals surface area contributed by atoms with Crippen LogP contribution in [0.25, 0.3) is 0 Å². The Morgan fingerprint density at radius 3 is 2.83 bits per heavy atom. The molecule has 0 aliphatic heterocycles. The van der Waals surface area contributed by atoms with Crippen LogP contribution in [0.1, 0.15) is 12.5 Å². The molecule has 96 valence electrons. The average molecular weight is 268 g/mol. The van der Waals surface area contributed by atoms with Gasteiger partial charge in [-0.3, -0.25) is 0 Å². The summed E-state index contributed by atoms with van der Waals surface area (Å²) >= 11 is 1.62. The highest BCUT2D eigenvalue weighted by Crippen LogP contribution is 2.24. The first-order chi connectivity index (χ1) is 8.56. The molecule has 0 saturated heterocycles. The van der Waals surface area contributed by atoms with E-state index in [1.165, 1.54) is 11.6 Å². The minimum absolute atomic E-state index is 0.0445. The van der Waals surface area contributed by atoms with Gasteiger partial charge >= 0.3 is 0 Å². The number of hydrogen-bond acceptors (Lipinski definition) is 3. The summed E-state index contributed by atoms with van der Waals surface area (Å²) in [6.45, 7) is 1.94. The van der Waals surface area contributed by atoms with E-state index in [0.29, 0.717) is 5.69 Å². The van der Waals surface area contributed by atoms with Gasteiger partial charge in [-0.1, -0.05) is 0 Å². The second kappa shape index (κ2) is 5.35. The van der Waals surface area contributed by atoms with Gasteiger partial charge in [0.2, 0.25) is 0 Å². The smallest absolute Gasteiger partial charge is 0.151 e. The normalized spacial score (nSPS) is 12.4. The van der Waals surface area contributed by atoms with Gasteiger partial charge in [-0.2, -0.15) is 11.3 Å². The third-order valence-electron chi connectivity index (χ3n) is 2.62. The topological polar surface area (TPSA) is 38.0 Å². The number of halogens is 2. The first-order valence-corrected chi connectivity index (χ1v) is 6.52. The van der Waals surface area contributed by atoms with Crippen LogP contribution in [0.3, 0.4) is 0 Å². The summed E-state index contributed by atoms with van der Waals surface area (Å²) in [5.41, 5.74) is 7.01. The SMILES string of the molecule is CC(Cc1ccsc1)Nc1cc(F)cc(F)c1N. The average Bonchev–Trinajstić information content (AvgIpc) is 2.77. The lowest BCUT2D eigenvalue weighted by Gasteiger charge is -2.16. The lowest BCUT2D eigenvalue weighted by molar-refractivity contribution is 0.586. The fourth-order valence-electron chi connectivity index (χ4n) is 1.78. The molecule has 0 aliphatic rings. The van der Waals surface area contributed by atoms with Crippen molar-refractivity contribution in [1.82, 2.24) is 0 Å². The van der Waals surface area contributed by atoms with Crippen molar-refractivity contribution in [2.75, 3.05) is 11.1 Å². The standard InChI is InChI=1S/C13H14F2N2S/c1-8(4-9-2-3-18-7-9)17-12-6-10(14)5-11(15)13(12)16/h2-3,5-8,17H,4,16H2,1H3. The Labute approximate surface area is 108 Å². The Kier molecular flexibility index (Phi) is 3.81. The van der Waals surface area contributed by atoms with Gasteiger partial charge in [0.15, 0.2) is 5.82 Å². The second-order valence-electron chi connectivity index (χ2n) is 4.23. The Balaban J connectivity index is 2.09. The van der Waals surface area contributed by atoms with Crippen LogP contribution in [0, 0.1) is 11.6 Å². The third-order valence-corrected chi connectivity index (χ3v) is 3.35. The summed E-state index contributed by atoms with van der Waals surface area (Å²) in [4.78, 5) is 0. The number of rotatable bonds is 4. The molecule has 1 atom stereocenters. The Hall–Kier alpha value is -1.62. The van der Waals surface area contributed by atoms with Crippen molar-refractivity contribution in [1.29, 1.82) is 0 Å². The minimum Gasteiger partial charge on any atom is -0.395 e. The maximum Gasteiger partial charge on any atom is 0.151 e. The zero-order valence-electron chi connectivity index (χ0n) is 9.91. The predicted molar refractivity (Wildman–Crippen MR) is 71.9 cm³/mol. The van der Waals surface area contributed by atoms with Gasteiger partial charge < -0.3 is 11.1 Å². The third kappa shape index (κ3) is 2.98. The van der Waals surface area contributed by atoms with E-state index in [0.717, 1.165) is 12.5 Å². The molecule has 1 aromatic heterocycles. The summed E-state index contributed by atoms with van der Waals surface area (Å²) < 4.78 is 26.4. The number of nitrogens with two attached hydrogens (primary N) is 1. The van der Waals surface area contributed by atoms with Crippen molar-refractivity contribution in [3.63, 3.8) is 0 Å². The summed E-state index contributed by atoms with van der Waals surface area (Å²) in [6, 6.07) is 4.06. The van der Waals surface area contributed by atoms with Crippen LogP contribution in [-0.2, 0) is 6.42 Å². The fourth-order valence-corrected chi connectivity index (χ4v) is 2.46. The Morgan fingerprint density at radius 1 is 1.39 bits per heavy atom. The summed E-state index contributed by atoms with van der Waals surface area (Å²) in [5, 5.41) is 7.08. The first kappa shape index (κ1) is 12.8. The molecule has 3 N–H and O–H groups in total. The van der Waals surface area contributed by atoms with Crippen molar-refractivity contribution in [3.05, 3.63) is 46.2 Å². The van der Waals surface area contributed by atoms with Gasteiger partial charge in [0.05, 0.1) is 11.4 Å².